The van der Waals surface area contributed by atoms with E-state index in [2.05, 4.69) is 10.5 Å². The molecule has 0 aliphatic carbocycles. The van der Waals surface area contributed by atoms with Crippen molar-refractivity contribution >= 4 is 17.5 Å². The second kappa shape index (κ2) is 4.21. The van der Waals surface area contributed by atoms with Crippen LogP contribution < -0.4 is 5.43 Å². The Morgan fingerprint density at radius 3 is 2.57 bits per heavy atom. The van der Waals surface area contributed by atoms with Gasteiger partial charge >= 0.3 is 0 Å². The van der Waals surface area contributed by atoms with Crippen molar-refractivity contribution in [2.24, 2.45) is 5.10 Å². The molecule has 0 saturated heterocycles. The van der Waals surface area contributed by atoms with E-state index in [0.717, 1.165) is 0 Å². The summed E-state index contributed by atoms with van der Waals surface area (Å²) in [4.78, 5) is 24.1. The van der Waals surface area contributed by atoms with Gasteiger partial charge in [-0.1, -0.05) is 0 Å². The average molecular weight is 197 g/mol. The van der Waals surface area contributed by atoms with E-state index in [1.807, 2.05) is 13.8 Å². The lowest BCUT2D eigenvalue weighted by molar-refractivity contribution is -0.124. The molecule has 5 nitrogen and oxygen atoms in total. The lowest BCUT2D eigenvalue weighted by Crippen LogP contribution is -2.41. The predicted molar refractivity (Wildman–Crippen MR) is 52.7 cm³/mol. The maximum atomic E-state index is 11.7. The van der Waals surface area contributed by atoms with E-state index < -0.39 is 0 Å². The Bertz CT molecular complexity index is 284. The molecule has 5 heteroatoms. The Balaban J connectivity index is 2.66. The Hall–Kier alpha value is -1.39. The first kappa shape index (κ1) is 10.7. The number of hydrogen-bond acceptors (Lipinski definition) is 3. The molecule has 1 aliphatic heterocycles. The topological polar surface area (TPSA) is 61.8 Å². The largest absolute Gasteiger partial charge is 0.338 e. The summed E-state index contributed by atoms with van der Waals surface area (Å²) < 4.78 is 0. The molecule has 1 aliphatic rings. The van der Waals surface area contributed by atoms with Crippen LogP contribution in [0.5, 0.6) is 0 Å². The van der Waals surface area contributed by atoms with E-state index in [0.29, 0.717) is 18.6 Å². The number of amides is 2. The third-order valence-electron chi connectivity index (χ3n) is 2.25. The molecule has 0 fully saturated rings. The first-order valence-electron chi connectivity index (χ1n) is 4.65. The maximum absolute atomic E-state index is 11.7. The Kier molecular flexibility index (Phi) is 3.22. The van der Waals surface area contributed by atoms with Crippen LogP contribution in [0, 0.1) is 0 Å². The third-order valence-corrected chi connectivity index (χ3v) is 2.25. The highest BCUT2D eigenvalue weighted by Gasteiger charge is 2.22. The SMILES string of the molecule is CC(C)N(C)C(=O)C1=NNC(=O)CC1. The van der Waals surface area contributed by atoms with Crippen LogP contribution in [-0.2, 0) is 9.59 Å². The van der Waals surface area contributed by atoms with Gasteiger partial charge in [-0.15, -0.1) is 0 Å². The van der Waals surface area contributed by atoms with Crippen LogP contribution in [-0.4, -0.2) is 35.5 Å². The summed E-state index contributed by atoms with van der Waals surface area (Å²) in [5, 5.41) is 3.74. The summed E-state index contributed by atoms with van der Waals surface area (Å²) in [5.74, 6) is -0.242. The standard InChI is InChI=1S/C9H15N3O2/c1-6(2)12(3)9(14)7-4-5-8(13)11-10-7/h6H,4-5H2,1-3H3,(H,11,13). The lowest BCUT2D eigenvalue weighted by atomic mass is 10.1. The summed E-state index contributed by atoms with van der Waals surface area (Å²) in [7, 11) is 1.73. The van der Waals surface area contributed by atoms with Crippen LogP contribution >= 0.6 is 0 Å². The molecule has 0 atom stereocenters. The zero-order valence-corrected chi connectivity index (χ0v) is 8.70. The van der Waals surface area contributed by atoms with Crippen LogP contribution in [0.25, 0.3) is 0 Å². The smallest absolute Gasteiger partial charge is 0.270 e. The molecule has 0 unspecified atom stereocenters. The van der Waals surface area contributed by atoms with E-state index in [-0.39, 0.29) is 17.9 Å². The van der Waals surface area contributed by atoms with Crippen molar-refractivity contribution in [3.8, 4) is 0 Å². The second-order valence-electron chi connectivity index (χ2n) is 3.60. The molecule has 0 aromatic heterocycles. The lowest BCUT2D eigenvalue weighted by Gasteiger charge is -2.23. The summed E-state index contributed by atoms with van der Waals surface area (Å²) in [6, 6.07) is 0.142. The van der Waals surface area contributed by atoms with E-state index in [1.165, 1.54) is 0 Å². The molecule has 78 valence electrons. The van der Waals surface area contributed by atoms with Gasteiger partial charge in [0, 0.05) is 25.9 Å². The second-order valence-corrected chi connectivity index (χ2v) is 3.60. The first-order chi connectivity index (χ1) is 6.52. The van der Waals surface area contributed by atoms with Crippen LogP contribution in [0.1, 0.15) is 26.7 Å². The van der Waals surface area contributed by atoms with Crippen molar-refractivity contribution in [3.63, 3.8) is 0 Å². The van der Waals surface area contributed by atoms with Crippen molar-refractivity contribution in [1.29, 1.82) is 0 Å². The van der Waals surface area contributed by atoms with Gasteiger partial charge in [0.25, 0.3) is 5.91 Å². The Morgan fingerprint density at radius 1 is 1.50 bits per heavy atom. The summed E-state index contributed by atoms with van der Waals surface area (Å²) in [5.41, 5.74) is 2.74. The molecule has 0 aromatic carbocycles. The minimum absolute atomic E-state index is 0.111. The molecule has 1 heterocycles. The van der Waals surface area contributed by atoms with Crippen molar-refractivity contribution < 1.29 is 9.59 Å². The number of nitrogens with one attached hydrogen (secondary N) is 1. The third kappa shape index (κ3) is 2.31. The maximum Gasteiger partial charge on any atom is 0.270 e. The van der Waals surface area contributed by atoms with E-state index in [4.69, 9.17) is 0 Å². The highest BCUT2D eigenvalue weighted by atomic mass is 16.2. The van der Waals surface area contributed by atoms with E-state index in [9.17, 15) is 9.59 Å². The minimum Gasteiger partial charge on any atom is -0.338 e. The van der Waals surface area contributed by atoms with Gasteiger partial charge < -0.3 is 4.90 Å². The molecule has 1 rings (SSSR count). The monoisotopic (exact) mass is 197 g/mol. The van der Waals surface area contributed by atoms with E-state index >= 15 is 0 Å². The number of hydrazone groups is 1. The average Bonchev–Trinajstić information content (AvgIpc) is 2.16. The fraction of sp³-hybridized carbons (Fsp3) is 0.667. The minimum atomic E-state index is -0.131. The normalized spacial score (nSPS) is 16.3. The predicted octanol–water partition coefficient (Wildman–Crippen LogP) is 0.119. The van der Waals surface area contributed by atoms with Crippen molar-refractivity contribution in [3.05, 3.63) is 0 Å². The van der Waals surface area contributed by atoms with Gasteiger partial charge in [0.05, 0.1) is 0 Å². The van der Waals surface area contributed by atoms with Crippen LogP contribution in [0.4, 0.5) is 0 Å². The van der Waals surface area contributed by atoms with E-state index in [1.54, 1.807) is 11.9 Å². The first-order valence-corrected chi connectivity index (χ1v) is 4.65. The molecule has 0 bridgehead atoms. The van der Waals surface area contributed by atoms with Gasteiger partial charge in [-0.3, -0.25) is 9.59 Å². The van der Waals surface area contributed by atoms with Crippen molar-refractivity contribution in [2.75, 3.05) is 7.05 Å². The number of carbonyl (C=O) groups is 2. The van der Waals surface area contributed by atoms with Crippen molar-refractivity contribution in [1.82, 2.24) is 10.3 Å². The number of rotatable bonds is 2. The van der Waals surface area contributed by atoms with Gasteiger partial charge in [0.1, 0.15) is 5.71 Å². The fourth-order valence-corrected chi connectivity index (χ4v) is 1.07. The Labute approximate surface area is 83.2 Å². The summed E-state index contributed by atoms with van der Waals surface area (Å²) in [6.07, 6.45) is 0.776. The van der Waals surface area contributed by atoms with Crippen LogP contribution in [0.15, 0.2) is 5.10 Å². The number of carbonyl (C=O) groups excluding carboxylic acids is 2. The molecule has 2 amide bonds. The molecule has 1 N–H and O–H groups in total. The zero-order valence-electron chi connectivity index (χ0n) is 8.70. The van der Waals surface area contributed by atoms with Gasteiger partial charge in [0.15, 0.2) is 0 Å². The molecule has 0 saturated carbocycles. The molecule has 14 heavy (non-hydrogen) atoms. The zero-order chi connectivity index (χ0) is 10.7. The number of hydrogen-bond donors (Lipinski definition) is 1. The van der Waals surface area contributed by atoms with Gasteiger partial charge in [-0.25, -0.2) is 5.43 Å². The molecular weight excluding hydrogens is 182 g/mol. The van der Waals surface area contributed by atoms with Crippen LogP contribution in [0.2, 0.25) is 0 Å². The van der Waals surface area contributed by atoms with Gasteiger partial charge in [-0.05, 0) is 13.8 Å². The summed E-state index contributed by atoms with van der Waals surface area (Å²) in [6.45, 7) is 3.86. The summed E-state index contributed by atoms with van der Waals surface area (Å²) >= 11 is 0. The molecule has 0 aromatic rings. The van der Waals surface area contributed by atoms with Crippen LogP contribution in [0.3, 0.4) is 0 Å². The highest BCUT2D eigenvalue weighted by Crippen LogP contribution is 2.04. The fourth-order valence-electron chi connectivity index (χ4n) is 1.07. The quantitative estimate of drug-likeness (QED) is 0.683. The highest BCUT2D eigenvalue weighted by molar-refractivity contribution is 6.39. The molecule has 0 spiro atoms. The van der Waals surface area contributed by atoms with Gasteiger partial charge in [0.2, 0.25) is 5.91 Å². The molecule has 0 radical (unpaired) electrons. The van der Waals surface area contributed by atoms with Gasteiger partial charge in [-0.2, -0.15) is 5.10 Å². The molecular formula is C9H15N3O2. The Morgan fingerprint density at radius 2 is 2.14 bits per heavy atom. The van der Waals surface area contributed by atoms with Crippen molar-refractivity contribution in [2.45, 2.75) is 32.7 Å². The number of nitrogens with zero attached hydrogens (tertiary/aromatic N) is 2.